The molecule has 2 aromatic rings. The van der Waals surface area contributed by atoms with E-state index < -0.39 is 0 Å². The first-order valence-corrected chi connectivity index (χ1v) is 5.65. The number of hydrogen-bond acceptors (Lipinski definition) is 2. The SMILES string of the molecule is CCc1ccccc1Nc1cccc(Cl)n1. The van der Waals surface area contributed by atoms with Crippen LogP contribution in [-0.4, -0.2) is 4.98 Å². The van der Waals surface area contributed by atoms with Crippen LogP contribution in [0.2, 0.25) is 5.15 Å². The van der Waals surface area contributed by atoms with E-state index in [1.165, 1.54) is 5.56 Å². The molecule has 1 heterocycles. The molecule has 0 amide bonds. The summed E-state index contributed by atoms with van der Waals surface area (Å²) in [6, 6.07) is 13.7. The van der Waals surface area contributed by atoms with Crippen molar-refractivity contribution in [2.75, 3.05) is 5.32 Å². The number of nitrogens with zero attached hydrogens (tertiary/aromatic N) is 1. The highest BCUT2D eigenvalue weighted by atomic mass is 35.5. The molecule has 0 spiro atoms. The zero-order chi connectivity index (χ0) is 11.4. The minimum atomic E-state index is 0.499. The molecule has 0 saturated carbocycles. The number of anilines is 2. The fourth-order valence-corrected chi connectivity index (χ4v) is 1.73. The molecule has 1 aromatic heterocycles. The molecule has 0 atom stereocenters. The van der Waals surface area contributed by atoms with Gasteiger partial charge in [-0.1, -0.05) is 42.8 Å². The van der Waals surface area contributed by atoms with E-state index >= 15 is 0 Å². The van der Waals surface area contributed by atoms with Crippen molar-refractivity contribution >= 4 is 23.1 Å². The summed E-state index contributed by atoms with van der Waals surface area (Å²) in [5.41, 5.74) is 2.35. The van der Waals surface area contributed by atoms with Crippen molar-refractivity contribution in [2.45, 2.75) is 13.3 Å². The second-order valence-corrected chi connectivity index (χ2v) is 3.87. The number of aryl methyl sites for hydroxylation is 1. The van der Waals surface area contributed by atoms with Gasteiger partial charge in [-0.3, -0.25) is 0 Å². The van der Waals surface area contributed by atoms with Crippen LogP contribution in [0.25, 0.3) is 0 Å². The van der Waals surface area contributed by atoms with E-state index in [4.69, 9.17) is 11.6 Å². The van der Waals surface area contributed by atoms with E-state index in [1.54, 1.807) is 6.07 Å². The number of benzene rings is 1. The number of pyridine rings is 1. The van der Waals surface area contributed by atoms with Gasteiger partial charge in [0.05, 0.1) is 0 Å². The monoisotopic (exact) mass is 232 g/mol. The molecule has 3 heteroatoms. The van der Waals surface area contributed by atoms with Crippen LogP contribution in [0, 0.1) is 0 Å². The van der Waals surface area contributed by atoms with E-state index in [0.717, 1.165) is 17.9 Å². The molecule has 2 nitrogen and oxygen atoms in total. The maximum atomic E-state index is 5.83. The van der Waals surface area contributed by atoms with Gasteiger partial charge >= 0.3 is 0 Å². The molecule has 1 aromatic carbocycles. The van der Waals surface area contributed by atoms with Crippen LogP contribution in [0.15, 0.2) is 42.5 Å². The Hall–Kier alpha value is -1.54. The maximum Gasteiger partial charge on any atom is 0.132 e. The standard InChI is InChI=1S/C13H13ClN2/c1-2-10-6-3-4-7-11(10)15-13-9-5-8-12(14)16-13/h3-9H,2H2,1H3,(H,15,16). The average Bonchev–Trinajstić information content (AvgIpc) is 2.30. The summed E-state index contributed by atoms with van der Waals surface area (Å²) in [6.07, 6.45) is 0.990. The molecule has 16 heavy (non-hydrogen) atoms. The lowest BCUT2D eigenvalue weighted by Gasteiger charge is -2.09. The second kappa shape index (κ2) is 4.99. The fourth-order valence-electron chi connectivity index (χ4n) is 1.57. The topological polar surface area (TPSA) is 24.9 Å². The summed E-state index contributed by atoms with van der Waals surface area (Å²) in [4.78, 5) is 4.20. The van der Waals surface area contributed by atoms with Crippen molar-refractivity contribution in [3.8, 4) is 0 Å². The van der Waals surface area contributed by atoms with E-state index in [-0.39, 0.29) is 0 Å². The van der Waals surface area contributed by atoms with Crippen LogP contribution in [0.3, 0.4) is 0 Å². The van der Waals surface area contributed by atoms with Crippen molar-refractivity contribution in [2.24, 2.45) is 0 Å². The summed E-state index contributed by atoms with van der Waals surface area (Å²) in [7, 11) is 0. The molecule has 1 N–H and O–H groups in total. The molecular weight excluding hydrogens is 220 g/mol. The molecule has 82 valence electrons. The number of nitrogens with one attached hydrogen (secondary N) is 1. The first-order chi connectivity index (χ1) is 7.79. The van der Waals surface area contributed by atoms with Crippen LogP contribution < -0.4 is 5.32 Å². The van der Waals surface area contributed by atoms with Gasteiger partial charge in [-0.05, 0) is 30.2 Å². The smallest absolute Gasteiger partial charge is 0.132 e. The highest BCUT2D eigenvalue weighted by molar-refractivity contribution is 6.29. The molecule has 0 aliphatic heterocycles. The zero-order valence-corrected chi connectivity index (χ0v) is 9.83. The van der Waals surface area contributed by atoms with Gasteiger partial charge in [0.25, 0.3) is 0 Å². The van der Waals surface area contributed by atoms with Crippen molar-refractivity contribution in [1.82, 2.24) is 4.98 Å². The normalized spacial score (nSPS) is 10.1. The van der Waals surface area contributed by atoms with Crippen LogP contribution in [0.1, 0.15) is 12.5 Å². The predicted octanol–water partition coefficient (Wildman–Crippen LogP) is 4.04. The Morgan fingerprint density at radius 1 is 1.12 bits per heavy atom. The summed E-state index contributed by atoms with van der Waals surface area (Å²) in [5.74, 6) is 0.772. The maximum absolute atomic E-state index is 5.83. The predicted molar refractivity (Wildman–Crippen MR) is 68.3 cm³/mol. The largest absolute Gasteiger partial charge is 0.340 e. The van der Waals surface area contributed by atoms with Gasteiger partial charge in [0.1, 0.15) is 11.0 Å². The summed E-state index contributed by atoms with van der Waals surface area (Å²) >= 11 is 5.83. The van der Waals surface area contributed by atoms with E-state index in [1.807, 2.05) is 30.3 Å². The van der Waals surface area contributed by atoms with Crippen LogP contribution in [0.5, 0.6) is 0 Å². The highest BCUT2D eigenvalue weighted by Crippen LogP contribution is 2.20. The molecule has 0 unspecified atom stereocenters. The highest BCUT2D eigenvalue weighted by Gasteiger charge is 2.01. The van der Waals surface area contributed by atoms with Crippen LogP contribution in [-0.2, 0) is 6.42 Å². The van der Waals surface area contributed by atoms with E-state index in [2.05, 4.69) is 23.3 Å². The molecule has 2 rings (SSSR count). The number of aromatic nitrogens is 1. The Morgan fingerprint density at radius 2 is 1.94 bits per heavy atom. The molecule has 0 saturated heterocycles. The van der Waals surface area contributed by atoms with Gasteiger partial charge in [0, 0.05) is 5.69 Å². The molecule has 0 fully saturated rings. The van der Waals surface area contributed by atoms with Gasteiger partial charge in [-0.25, -0.2) is 4.98 Å². The molecule has 0 bridgehead atoms. The Kier molecular flexibility index (Phi) is 3.42. The van der Waals surface area contributed by atoms with Gasteiger partial charge < -0.3 is 5.32 Å². The Labute approximate surface area is 100 Å². The number of halogens is 1. The third-order valence-corrected chi connectivity index (χ3v) is 2.59. The first kappa shape index (κ1) is 11.0. The van der Waals surface area contributed by atoms with E-state index in [9.17, 15) is 0 Å². The van der Waals surface area contributed by atoms with Crippen molar-refractivity contribution < 1.29 is 0 Å². The fraction of sp³-hybridized carbons (Fsp3) is 0.154. The van der Waals surface area contributed by atoms with Gasteiger partial charge in [-0.2, -0.15) is 0 Å². The molecular formula is C13H13ClN2. The summed E-state index contributed by atoms with van der Waals surface area (Å²) in [6.45, 7) is 2.13. The van der Waals surface area contributed by atoms with Gasteiger partial charge in [0.15, 0.2) is 0 Å². The molecule has 0 aliphatic rings. The third kappa shape index (κ3) is 2.52. The number of para-hydroxylation sites is 1. The molecule has 0 aliphatic carbocycles. The minimum Gasteiger partial charge on any atom is -0.340 e. The molecule has 0 radical (unpaired) electrons. The van der Waals surface area contributed by atoms with Gasteiger partial charge in [-0.15, -0.1) is 0 Å². The van der Waals surface area contributed by atoms with E-state index in [0.29, 0.717) is 5.15 Å². The zero-order valence-electron chi connectivity index (χ0n) is 9.07. The van der Waals surface area contributed by atoms with Crippen LogP contribution >= 0.6 is 11.6 Å². The minimum absolute atomic E-state index is 0.499. The van der Waals surface area contributed by atoms with Crippen molar-refractivity contribution in [3.63, 3.8) is 0 Å². The summed E-state index contributed by atoms with van der Waals surface area (Å²) in [5, 5.41) is 3.77. The van der Waals surface area contributed by atoms with Crippen molar-refractivity contribution in [1.29, 1.82) is 0 Å². The average molecular weight is 233 g/mol. The van der Waals surface area contributed by atoms with Crippen molar-refractivity contribution in [3.05, 3.63) is 53.2 Å². The Balaban J connectivity index is 2.26. The van der Waals surface area contributed by atoms with Crippen LogP contribution in [0.4, 0.5) is 11.5 Å². The Morgan fingerprint density at radius 3 is 2.69 bits per heavy atom. The lowest BCUT2D eigenvalue weighted by atomic mass is 10.1. The third-order valence-electron chi connectivity index (χ3n) is 2.38. The lowest BCUT2D eigenvalue weighted by Crippen LogP contribution is -1.96. The first-order valence-electron chi connectivity index (χ1n) is 5.27. The Bertz CT molecular complexity index is 483. The quantitative estimate of drug-likeness (QED) is 0.808. The lowest BCUT2D eigenvalue weighted by molar-refractivity contribution is 1.14. The van der Waals surface area contributed by atoms with Gasteiger partial charge in [0.2, 0.25) is 0 Å². The number of hydrogen-bond donors (Lipinski definition) is 1. The number of rotatable bonds is 3. The summed E-state index contributed by atoms with van der Waals surface area (Å²) < 4.78 is 0. The second-order valence-electron chi connectivity index (χ2n) is 3.48.